The summed E-state index contributed by atoms with van der Waals surface area (Å²) in [6.45, 7) is 3.73. The summed E-state index contributed by atoms with van der Waals surface area (Å²) < 4.78 is 1.14. The Morgan fingerprint density at radius 1 is 1.10 bits per heavy atom. The number of amides is 1. The molecule has 0 unspecified atom stereocenters. The van der Waals surface area contributed by atoms with Crippen LogP contribution in [-0.4, -0.2) is 48.7 Å². The fourth-order valence-corrected chi connectivity index (χ4v) is 4.88. The van der Waals surface area contributed by atoms with Crippen molar-refractivity contribution in [2.45, 2.75) is 24.7 Å². The van der Waals surface area contributed by atoms with Crippen LogP contribution >= 0.6 is 35.5 Å². The summed E-state index contributed by atoms with van der Waals surface area (Å²) in [5.41, 5.74) is 2.18. The number of hydrogen-bond acceptors (Lipinski definition) is 5. The van der Waals surface area contributed by atoms with Gasteiger partial charge in [-0.3, -0.25) is 9.69 Å². The molecule has 0 aliphatic heterocycles. The number of nitrogens with zero attached hydrogens (tertiary/aromatic N) is 3. The number of fused-ring (bicyclic) bond motifs is 1. The molecule has 0 N–H and O–H groups in total. The highest BCUT2D eigenvalue weighted by Gasteiger charge is 2.19. The van der Waals surface area contributed by atoms with Crippen LogP contribution in [0.5, 0.6) is 0 Å². The highest BCUT2D eigenvalue weighted by Crippen LogP contribution is 2.30. The van der Waals surface area contributed by atoms with Gasteiger partial charge < -0.3 is 4.90 Å². The minimum atomic E-state index is 0. The Morgan fingerprint density at radius 2 is 1.86 bits per heavy atom. The van der Waals surface area contributed by atoms with Crippen LogP contribution in [0.3, 0.4) is 0 Å². The topological polar surface area (TPSA) is 36.4 Å². The standard InChI is InChI=1S/C22H27N3OS2.ClH/c1-17-10-11-19-20(16-17)28-22(23-19)25(14-7-13-24(2)3)21(26)12-15-27-18-8-5-4-6-9-18;/h4-6,8-11,16H,7,12-15H2,1-3H3;1H. The molecule has 0 aliphatic carbocycles. The molecule has 0 fully saturated rings. The largest absolute Gasteiger partial charge is 0.309 e. The van der Waals surface area contributed by atoms with E-state index in [0.717, 1.165) is 34.1 Å². The molecule has 0 spiro atoms. The molecule has 0 aliphatic rings. The van der Waals surface area contributed by atoms with Crippen LogP contribution < -0.4 is 4.90 Å². The number of hydrogen-bond donors (Lipinski definition) is 0. The average molecular weight is 450 g/mol. The van der Waals surface area contributed by atoms with Gasteiger partial charge in [-0.05, 0) is 63.8 Å². The third kappa shape index (κ3) is 7.00. The second-order valence-electron chi connectivity index (χ2n) is 7.08. The van der Waals surface area contributed by atoms with Gasteiger partial charge in [0, 0.05) is 23.6 Å². The van der Waals surface area contributed by atoms with Crippen molar-refractivity contribution in [2.24, 2.45) is 0 Å². The SMILES string of the molecule is Cc1ccc2nc(N(CCCN(C)C)C(=O)CCSc3ccccc3)sc2c1.Cl. The van der Waals surface area contributed by atoms with Gasteiger partial charge in [-0.2, -0.15) is 0 Å². The minimum Gasteiger partial charge on any atom is -0.309 e. The molecule has 0 bridgehead atoms. The maximum atomic E-state index is 13.0. The molecule has 7 heteroatoms. The molecule has 2 aromatic carbocycles. The maximum Gasteiger partial charge on any atom is 0.229 e. The predicted octanol–water partition coefficient (Wildman–Crippen LogP) is 5.49. The lowest BCUT2D eigenvalue weighted by molar-refractivity contribution is -0.118. The van der Waals surface area contributed by atoms with Gasteiger partial charge in [0.2, 0.25) is 5.91 Å². The molecule has 1 amide bonds. The number of carbonyl (C=O) groups excluding carboxylic acids is 1. The summed E-state index contributed by atoms with van der Waals surface area (Å²) in [4.78, 5) is 23.0. The Kier molecular flexibility index (Phi) is 9.43. The van der Waals surface area contributed by atoms with Crippen LogP contribution in [-0.2, 0) is 4.79 Å². The van der Waals surface area contributed by atoms with Crippen LogP contribution in [0, 0.1) is 6.92 Å². The van der Waals surface area contributed by atoms with Crippen molar-refractivity contribution in [3.05, 3.63) is 54.1 Å². The van der Waals surface area contributed by atoms with Gasteiger partial charge in [0.15, 0.2) is 5.13 Å². The number of rotatable bonds is 9. The van der Waals surface area contributed by atoms with E-state index in [-0.39, 0.29) is 18.3 Å². The fourth-order valence-electron chi connectivity index (χ4n) is 2.92. The highest BCUT2D eigenvalue weighted by molar-refractivity contribution is 7.99. The van der Waals surface area contributed by atoms with Crippen molar-refractivity contribution >= 4 is 56.8 Å². The zero-order valence-electron chi connectivity index (χ0n) is 17.1. The van der Waals surface area contributed by atoms with Crippen molar-refractivity contribution in [1.29, 1.82) is 0 Å². The highest BCUT2D eigenvalue weighted by atomic mass is 35.5. The van der Waals surface area contributed by atoms with E-state index in [1.165, 1.54) is 10.5 Å². The number of benzene rings is 2. The third-order valence-corrected chi connectivity index (χ3v) is 6.43. The predicted molar refractivity (Wildman–Crippen MR) is 129 cm³/mol. The molecule has 156 valence electrons. The molecule has 0 atom stereocenters. The number of aromatic nitrogens is 1. The summed E-state index contributed by atoms with van der Waals surface area (Å²) in [6.07, 6.45) is 1.44. The van der Waals surface area contributed by atoms with E-state index in [2.05, 4.69) is 50.2 Å². The second kappa shape index (κ2) is 11.6. The Labute approximate surface area is 187 Å². The first kappa shape index (κ1) is 23.7. The summed E-state index contributed by atoms with van der Waals surface area (Å²) in [5.74, 6) is 0.926. The number of carbonyl (C=O) groups is 1. The Morgan fingerprint density at radius 3 is 2.59 bits per heavy atom. The van der Waals surface area contributed by atoms with Crippen molar-refractivity contribution in [2.75, 3.05) is 37.8 Å². The van der Waals surface area contributed by atoms with Gasteiger partial charge in [-0.25, -0.2) is 4.98 Å². The molecule has 1 heterocycles. The lowest BCUT2D eigenvalue weighted by atomic mass is 10.2. The monoisotopic (exact) mass is 449 g/mol. The maximum absolute atomic E-state index is 13.0. The number of aryl methyl sites for hydroxylation is 1. The van der Waals surface area contributed by atoms with Crippen LogP contribution in [0.25, 0.3) is 10.2 Å². The summed E-state index contributed by atoms with van der Waals surface area (Å²) in [6, 6.07) is 16.5. The average Bonchev–Trinajstić information content (AvgIpc) is 3.08. The fraction of sp³-hybridized carbons (Fsp3) is 0.364. The van der Waals surface area contributed by atoms with Gasteiger partial charge in [0.25, 0.3) is 0 Å². The molecular weight excluding hydrogens is 422 g/mol. The minimum absolute atomic E-state index is 0. The van der Waals surface area contributed by atoms with Crippen LogP contribution in [0.4, 0.5) is 5.13 Å². The molecule has 1 aromatic heterocycles. The normalized spacial score (nSPS) is 10.9. The second-order valence-corrected chi connectivity index (χ2v) is 9.26. The molecule has 29 heavy (non-hydrogen) atoms. The zero-order chi connectivity index (χ0) is 19.9. The van der Waals surface area contributed by atoms with Crippen LogP contribution in [0.15, 0.2) is 53.4 Å². The summed E-state index contributed by atoms with van der Waals surface area (Å²) in [5, 5.41) is 0.814. The van der Waals surface area contributed by atoms with Crippen LogP contribution in [0.2, 0.25) is 0 Å². The number of thioether (sulfide) groups is 1. The Balaban J connectivity index is 0.00000300. The van der Waals surface area contributed by atoms with Gasteiger partial charge in [-0.1, -0.05) is 35.6 Å². The van der Waals surface area contributed by atoms with E-state index in [0.29, 0.717) is 13.0 Å². The number of thiazole rings is 1. The quantitative estimate of drug-likeness (QED) is 0.404. The van der Waals surface area contributed by atoms with E-state index in [4.69, 9.17) is 4.98 Å². The molecule has 4 nitrogen and oxygen atoms in total. The van der Waals surface area contributed by atoms with Gasteiger partial charge in [0.1, 0.15) is 0 Å². The first-order chi connectivity index (χ1) is 13.5. The van der Waals surface area contributed by atoms with Crippen molar-refractivity contribution in [3.63, 3.8) is 0 Å². The molecular formula is C22H28ClN3OS2. The Hall–Kier alpha value is -1.60. The zero-order valence-corrected chi connectivity index (χ0v) is 19.6. The molecule has 0 radical (unpaired) electrons. The van der Waals surface area contributed by atoms with E-state index in [9.17, 15) is 4.79 Å². The molecule has 3 rings (SSSR count). The van der Waals surface area contributed by atoms with Gasteiger partial charge in [-0.15, -0.1) is 24.2 Å². The Bertz CT molecular complexity index is 915. The van der Waals surface area contributed by atoms with Crippen molar-refractivity contribution in [3.8, 4) is 0 Å². The summed E-state index contributed by atoms with van der Waals surface area (Å²) >= 11 is 3.33. The number of anilines is 1. The first-order valence-corrected chi connectivity index (χ1v) is 11.3. The first-order valence-electron chi connectivity index (χ1n) is 9.53. The lowest BCUT2D eigenvalue weighted by Crippen LogP contribution is -2.33. The third-order valence-electron chi connectivity index (χ3n) is 4.38. The van der Waals surface area contributed by atoms with E-state index >= 15 is 0 Å². The van der Waals surface area contributed by atoms with Gasteiger partial charge >= 0.3 is 0 Å². The van der Waals surface area contributed by atoms with Gasteiger partial charge in [0.05, 0.1) is 10.2 Å². The van der Waals surface area contributed by atoms with Crippen molar-refractivity contribution < 1.29 is 4.79 Å². The van der Waals surface area contributed by atoms with E-state index in [1.54, 1.807) is 23.1 Å². The van der Waals surface area contributed by atoms with Crippen LogP contribution in [0.1, 0.15) is 18.4 Å². The molecule has 0 saturated carbocycles. The summed E-state index contributed by atoms with van der Waals surface area (Å²) in [7, 11) is 4.12. The van der Waals surface area contributed by atoms with E-state index in [1.807, 2.05) is 29.2 Å². The lowest BCUT2D eigenvalue weighted by Gasteiger charge is -2.21. The smallest absolute Gasteiger partial charge is 0.229 e. The molecule has 0 saturated heterocycles. The molecule has 3 aromatic rings. The number of halogens is 1. The van der Waals surface area contributed by atoms with E-state index < -0.39 is 0 Å². The van der Waals surface area contributed by atoms with Crippen molar-refractivity contribution in [1.82, 2.24) is 9.88 Å².